The molecule has 0 aliphatic heterocycles. The lowest BCUT2D eigenvalue weighted by Gasteiger charge is -2.24. The van der Waals surface area contributed by atoms with Crippen LogP contribution in [0, 0.1) is 0 Å². The van der Waals surface area contributed by atoms with E-state index in [-0.39, 0.29) is 5.91 Å². The van der Waals surface area contributed by atoms with Crippen molar-refractivity contribution in [3.8, 4) is 5.82 Å². The van der Waals surface area contributed by atoms with Gasteiger partial charge in [0.15, 0.2) is 0 Å². The maximum atomic E-state index is 12.1. The molecule has 20 heavy (non-hydrogen) atoms. The highest BCUT2D eigenvalue weighted by Gasteiger charge is 2.26. The molecule has 0 saturated heterocycles. The van der Waals surface area contributed by atoms with E-state index in [1.54, 1.807) is 23.3 Å². The summed E-state index contributed by atoms with van der Waals surface area (Å²) in [5.74, 6) is 0.669. The van der Waals surface area contributed by atoms with Crippen LogP contribution < -0.4 is 10.6 Å². The summed E-state index contributed by atoms with van der Waals surface area (Å²) in [4.78, 5) is 20.4. The summed E-state index contributed by atoms with van der Waals surface area (Å²) < 4.78 is 1.80. The third-order valence-corrected chi connectivity index (χ3v) is 2.96. The van der Waals surface area contributed by atoms with Gasteiger partial charge in [-0.25, -0.2) is 9.97 Å². The van der Waals surface area contributed by atoms with Crippen LogP contribution in [0.15, 0.2) is 37.1 Å². The van der Waals surface area contributed by atoms with E-state index >= 15 is 0 Å². The highest BCUT2D eigenvalue weighted by molar-refractivity contribution is 5.97. The highest BCUT2D eigenvalue weighted by atomic mass is 16.2. The number of anilines is 1. The van der Waals surface area contributed by atoms with E-state index in [0.29, 0.717) is 5.69 Å². The van der Waals surface area contributed by atoms with Crippen molar-refractivity contribution in [2.45, 2.75) is 26.3 Å². The van der Waals surface area contributed by atoms with E-state index in [4.69, 9.17) is 0 Å². The summed E-state index contributed by atoms with van der Waals surface area (Å²) in [6.45, 7) is 6.40. The predicted molar refractivity (Wildman–Crippen MR) is 77.7 cm³/mol. The van der Waals surface area contributed by atoms with E-state index in [2.05, 4.69) is 20.6 Å². The van der Waals surface area contributed by atoms with Gasteiger partial charge in [0.25, 0.3) is 0 Å². The lowest BCUT2D eigenvalue weighted by atomic mass is 10.0. The Hall–Kier alpha value is -2.21. The van der Waals surface area contributed by atoms with Gasteiger partial charge in [-0.15, -0.1) is 0 Å². The van der Waals surface area contributed by atoms with Crippen molar-refractivity contribution in [2.75, 3.05) is 11.9 Å². The number of hydrogen-bond donors (Lipinski definition) is 2. The number of amides is 1. The minimum absolute atomic E-state index is 0.0865. The molecule has 0 aliphatic carbocycles. The van der Waals surface area contributed by atoms with Crippen molar-refractivity contribution in [1.82, 2.24) is 19.9 Å². The van der Waals surface area contributed by atoms with Crippen molar-refractivity contribution < 1.29 is 4.79 Å². The molecule has 6 nitrogen and oxygen atoms in total. The molecule has 0 aliphatic rings. The second-order valence-corrected chi connectivity index (χ2v) is 4.98. The first-order valence-corrected chi connectivity index (χ1v) is 6.54. The SMILES string of the molecule is CCNC(C)(C)C(=O)Nc1ccc(-n2ccnc2)nc1. The zero-order valence-electron chi connectivity index (χ0n) is 11.9. The Morgan fingerprint density at radius 2 is 2.20 bits per heavy atom. The van der Waals surface area contributed by atoms with Gasteiger partial charge in [0, 0.05) is 12.4 Å². The molecule has 0 bridgehead atoms. The van der Waals surface area contributed by atoms with E-state index in [9.17, 15) is 4.79 Å². The number of rotatable bonds is 5. The Bertz CT molecular complexity index is 560. The van der Waals surface area contributed by atoms with Gasteiger partial charge < -0.3 is 10.6 Å². The summed E-state index contributed by atoms with van der Waals surface area (Å²) >= 11 is 0. The van der Waals surface area contributed by atoms with E-state index in [0.717, 1.165) is 12.4 Å². The van der Waals surface area contributed by atoms with Crippen LogP contribution in [-0.4, -0.2) is 32.5 Å². The molecule has 0 aromatic carbocycles. The summed E-state index contributed by atoms with van der Waals surface area (Å²) in [7, 11) is 0. The van der Waals surface area contributed by atoms with Crippen LogP contribution in [0.2, 0.25) is 0 Å². The fourth-order valence-electron chi connectivity index (χ4n) is 1.82. The van der Waals surface area contributed by atoms with Crippen LogP contribution in [0.1, 0.15) is 20.8 Å². The van der Waals surface area contributed by atoms with Crippen molar-refractivity contribution >= 4 is 11.6 Å². The van der Waals surface area contributed by atoms with Crippen LogP contribution in [0.5, 0.6) is 0 Å². The van der Waals surface area contributed by atoms with Gasteiger partial charge >= 0.3 is 0 Å². The molecule has 106 valence electrons. The zero-order valence-corrected chi connectivity index (χ0v) is 11.9. The Balaban J connectivity index is 2.06. The normalized spacial score (nSPS) is 11.3. The molecule has 0 atom stereocenters. The minimum atomic E-state index is -0.613. The molecular formula is C14H19N5O. The van der Waals surface area contributed by atoms with E-state index in [1.165, 1.54) is 0 Å². The maximum Gasteiger partial charge on any atom is 0.244 e. The molecule has 2 N–H and O–H groups in total. The van der Waals surface area contributed by atoms with E-state index < -0.39 is 5.54 Å². The number of nitrogens with one attached hydrogen (secondary N) is 2. The number of aromatic nitrogens is 3. The Morgan fingerprint density at radius 1 is 1.40 bits per heavy atom. The van der Waals surface area contributed by atoms with E-state index in [1.807, 2.05) is 39.1 Å². The smallest absolute Gasteiger partial charge is 0.244 e. The number of imidazole rings is 1. The lowest BCUT2D eigenvalue weighted by molar-refractivity contribution is -0.121. The molecule has 2 aromatic heterocycles. The Morgan fingerprint density at radius 3 is 2.75 bits per heavy atom. The highest BCUT2D eigenvalue weighted by Crippen LogP contribution is 2.12. The predicted octanol–water partition coefficient (Wildman–Crippen LogP) is 1.59. The number of carbonyl (C=O) groups excluding carboxylic acids is 1. The van der Waals surface area contributed by atoms with Crippen LogP contribution in [0.4, 0.5) is 5.69 Å². The maximum absolute atomic E-state index is 12.1. The fourth-order valence-corrected chi connectivity index (χ4v) is 1.82. The third-order valence-electron chi connectivity index (χ3n) is 2.96. The number of pyridine rings is 1. The Labute approximate surface area is 118 Å². The van der Waals surface area contributed by atoms with Gasteiger partial charge in [-0.1, -0.05) is 6.92 Å². The largest absolute Gasteiger partial charge is 0.323 e. The van der Waals surface area contributed by atoms with Crippen molar-refractivity contribution in [2.24, 2.45) is 0 Å². The minimum Gasteiger partial charge on any atom is -0.323 e. The molecule has 6 heteroatoms. The summed E-state index contributed by atoms with van der Waals surface area (Å²) in [6.07, 6.45) is 6.81. The second-order valence-electron chi connectivity index (χ2n) is 4.98. The molecule has 0 saturated carbocycles. The van der Waals surface area contributed by atoms with Gasteiger partial charge in [0.2, 0.25) is 5.91 Å². The molecule has 0 spiro atoms. The standard InChI is InChI=1S/C14H19N5O/c1-4-17-14(2,3)13(20)18-11-5-6-12(16-9-11)19-8-7-15-10-19/h5-10,17H,4H2,1-3H3,(H,18,20). The molecule has 0 radical (unpaired) electrons. The monoisotopic (exact) mass is 273 g/mol. The topological polar surface area (TPSA) is 71.8 Å². The fraction of sp³-hybridized carbons (Fsp3) is 0.357. The zero-order chi connectivity index (χ0) is 14.6. The first-order chi connectivity index (χ1) is 9.53. The molecule has 0 unspecified atom stereocenters. The van der Waals surface area contributed by atoms with Crippen molar-refractivity contribution in [1.29, 1.82) is 0 Å². The average Bonchev–Trinajstić information content (AvgIpc) is 2.93. The van der Waals surface area contributed by atoms with Gasteiger partial charge in [0.05, 0.1) is 17.4 Å². The average molecular weight is 273 g/mol. The Kier molecular flexibility index (Phi) is 4.14. The summed E-state index contributed by atoms with van der Waals surface area (Å²) in [6, 6.07) is 3.65. The third kappa shape index (κ3) is 3.21. The summed E-state index contributed by atoms with van der Waals surface area (Å²) in [5, 5.41) is 5.98. The number of nitrogens with zero attached hydrogens (tertiary/aromatic N) is 3. The molecular weight excluding hydrogens is 254 g/mol. The van der Waals surface area contributed by atoms with Crippen LogP contribution in [-0.2, 0) is 4.79 Å². The first kappa shape index (κ1) is 14.2. The van der Waals surface area contributed by atoms with Crippen LogP contribution >= 0.6 is 0 Å². The molecule has 1 amide bonds. The molecule has 2 heterocycles. The lowest BCUT2D eigenvalue weighted by Crippen LogP contribution is -2.49. The number of likely N-dealkylation sites (N-methyl/N-ethyl adjacent to an activating group) is 1. The van der Waals surface area contributed by atoms with Crippen molar-refractivity contribution in [3.05, 3.63) is 37.1 Å². The number of carbonyl (C=O) groups is 1. The van der Waals surface area contributed by atoms with Gasteiger partial charge in [-0.2, -0.15) is 0 Å². The van der Waals surface area contributed by atoms with Crippen LogP contribution in [0.3, 0.4) is 0 Å². The number of hydrogen-bond acceptors (Lipinski definition) is 4. The first-order valence-electron chi connectivity index (χ1n) is 6.54. The molecule has 2 rings (SSSR count). The second kappa shape index (κ2) is 5.83. The summed E-state index contributed by atoms with van der Waals surface area (Å²) in [5.41, 5.74) is 0.0578. The molecule has 0 fully saturated rings. The molecule has 2 aromatic rings. The van der Waals surface area contributed by atoms with Gasteiger partial charge in [-0.3, -0.25) is 9.36 Å². The van der Waals surface area contributed by atoms with Crippen molar-refractivity contribution in [3.63, 3.8) is 0 Å². The quantitative estimate of drug-likeness (QED) is 0.868. The van der Waals surface area contributed by atoms with Gasteiger partial charge in [0.1, 0.15) is 12.1 Å². The van der Waals surface area contributed by atoms with Gasteiger partial charge in [-0.05, 0) is 32.5 Å². The van der Waals surface area contributed by atoms with Crippen LogP contribution in [0.25, 0.3) is 5.82 Å².